The summed E-state index contributed by atoms with van der Waals surface area (Å²) in [6.45, 7) is 5.20. The highest BCUT2D eigenvalue weighted by Gasteiger charge is 2.40. The third-order valence-electron chi connectivity index (χ3n) is 3.75. The Kier molecular flexibility index (Phi) is 6.56. The second-order valence-electron chi connectivity index (χ2n) is 5.39. The minimum atomic E-state index is -0.897. The van der Waals surface area contributed by atoms with E-state index in [1.54, 1.807) is 32.9 Å². The number of rotatable bonds is 5. The Morgan fingerprint density at radius 1 is 1.12 bits per heavy atom. The number of carbonyl (C=O) groups excluding carboxylic acids is 2. The van der Waals surface area contributed by atoms with Crippen molar-refractivity contribution in [2.75, 3.05) is 13.2 Å². The summed E-state index contributed by atoms with van der Waals surface area (Å²) >= 11 is 12.3. The Labute approximate surface area is 161 Å². The molecule has 0 aromatic heterocycles. The molecule has 1 aliphatic heterocycles. The van der Waals surface area contributed by atoms with Crippen molar-refractivity contribution in [1.29, 1.82) is 0 Å². The Morgan fingerprint density at radius 2 is 1.69 bits per heavy atom. The van der Waals surface area contributed by atoms with Gasteiger partial charge >= 0.3 is 11.9 Å². The molecule has 0 aliphatic carbocycles. The van der Waals surface area contributed by atoms with E-state index in [0.717, 1.165) is 0 Å². The molecule has 2 N–H and O–H groups in total. The molecule has 1 atom stereocenters. The number of ether oxygens (including phenoxy) is 3. The lowest BCUT2D eigenvalue weighted by Crippen LogP contribution is -2.30. The van der Waals surface area contributed by atoms with Gasteiger partial charge in [0.15, 0.2) is 0 Å². The Bertz CT molecular complexity index is 761. The summed E-state index contributed by atoms with van der Waals surface area (Å²) in [6, 6.07) is 4.75. The smallest absolute Gasteiger partial charge is 0.340 e. The van der Waals surface area contributed by atoms with Crippen LogP contribution in [0.15, 0.2) is 41.0 Å². The maximum atomic E-state index is 12.6. The van der Waals surface area contributed by atoms with E-state index >= 15 is 0 Å². The maximum absolute atomic E-state index is 12.6. The van der Waals surface area contributed by atoms with Crippen LogP contribution in [0.4, 0.5) is 0 Å². The molecule has 0 bridgehead atoms. The fraction of sp³-hybridized carbons (Fsp3) is 0.333. The number of halogens is 2. The van der Waals surface area contributed by atoms with E-state index in [0.29, 0.717) is 10.6 Å². The van der Waals surface area contributed by atoms with Gasteiger partial charge in [0.05, 0.1) is 24.7 Å². The zero-order valence-corrected chi connectivity index (χ0v) is 16.1. The molecular weight excluding hydrogens is 381 g/mol. The SMILES string of the molecule is CCOC(=O)C1=C(C)OC(N)=C(C(=O)OCC)[C@@H]1c1ccc(Cl)cc1Cl. The fourth-order valence-corrected chi connectivity index (χ4v) is 3.23. The van der Waals surface area contributed by atoms with Crippen LogP contribution in [0.2, 0.25) is 10.0 Å². The van der Waals surface area contributed by atoms with Gasteiger partial charge in [-0.25, -0.2) is 9.59 Å². The van der Waals surface area contributed by atoms with Crippen LogP contribution in [0.1, 0.15) is 32.3 Å². The second kappa shape index (κ2) is 8.47. The highest BCUT2D eigenvalue weighted by molar-refractivity contribution is 6.35. The average molecular weight is 400 g/mol. The van der Waals surface area contributed by atoms with Crippen LogP contribution in [0.25, 0.3) is 0 Å². The van der Waals surface area contributed by atoms with Gasteiger partial charge in [-0.15, -0.1) is 0 Å². The van der Waals surface area contributed by atoms with Gasteiger partial charge in [0.2, 0.25) is 5.88 Å². The van der Waals surface area contributed by atoms with E-state index in [1.807, 2.05) is 0 Å². The van der Waals surface area contributed by atoms with Crippen molar-refractivity contribution < 1.29 is 23.8 Å². The predicted octanol–water partition coefficient (Wildman–Crippen LogP) is 3.68. The van der Waals surface area contributed by atoms with Crippen LogP contribution in [0, 0.1) is 0 Å². The van der Waals surface area contributed by atoms with Crippen LogP contribution in [-0.4, -0.2) is 25.2 Å². The number of benzene rings is 1. The normalized spacial score (nSPS) is 17.0. The molecule has 6 nitrogen and oxygen atoms in total. The van der Waals surface area contributed by atoms with Gasteiger partial charge < -0.3 is 19.9 Å². The van der Waals surface area contributed by atoms with E-state index < -0.39 is 17.9 Å². The molecule has 0 fully saturated rings. The number of carbonyl (C=O) groups is 2. The monoisotopic (exact) mass is 399 g/mol. The lowest BCUT2D eigenvalue weighted by Gasteiger charge is -2.29. The molecule has 140 valence electrons. The first-order chi connectivity index (χ1) is 12.3. The van der Waals surface area contributed by atoms with Crippen molar-refractivity contribution in [2.45, 2.75) is 26.7 Å². The van der Waals surface area contributed by atoms with Gasteiger partial charge in [-0.05, 0) is 38.5 Å². The predicted molar refractivity (Wildman–Crippen MR) is 97.5 cm³/mol. The lowest BCUT2D eigenvalue weighted by molar-refractivity contribution is -0.140. The van der Waals surface area contributed by atoms with Crippen LogP contribution in [0.3, 0.4) is 0 Å². The zero-order valence-electron chi connectivity index (χ0n) is 14.6. The molecule has 8 heteroatoms. The van der Waals surface area contributed by atoms with Crippen molar-refractivity contribution in [2.24, 2.45) is 5.73 Å². The number of hydrogen-bond acceptors (Lipinski definition) is 6. The summed E-state index contributed by atoms with van der Waals surface area (Å²) in [5, 5.41) is 0.687. The molecule has 1 aromatic rings. The van der Waals surface area contributed by atoms with E-state index in [9.17, 15) is 9.59 Å². The van der Waals surface area contributed by atoms with Crippen LogP contribution in [0.5, 0.6) is 0 Å². The standard InChI is InChI=1S/C18H19Cl2NO5/c1-4-24-17(22)13-9(3)26-16(21)15(18(23)25-5-2)14(13)11-7-6-10(19)8-12(11)20/h6-8,14H,4-5,21H2,1-3H3/t14-/m1/s1. The molecule has 0 radical (unpaired) electrons. The first kappa shape index (κ1) is 20.1. The summed E-state index contributed by atoms with van der Waals surface area (Å²) in [5.41, 5.74) is 6.53. The summed E-state index contributed by atoms with van der Waals surface area (Å²) in [7, 11) is 0. The quantitative estimate of drug-likeness (QED) is 0.759. The highest BCUT2D eigenvalue weighted by atomic mass is 35.5. The largest absolute Gasteiger partial charge is 0.463 e. The van der Waals surface area contributed by atoms with Gasteiger partial charge in [0, 0.05) is 10.0 Å². The molecule has 1 aliphatic rings. The minimum Gasteiger partial charge on any atom is -0.463 e. The molecule has 2 rings (SSSR count). The first-order valence-corrected chi connectivity index (χ1v) is 8.74. The average Bonchev–Trinajstić information content (AvgIpc) is 2.54. The molecule has 0 saturated carbocycles. The van der Waals surface area contributed by atoms with Crippen LogP contribution >= 0.6 is 23.2 Å². The van der Waals surface area contributed by atoms with E-state index in [1.165, 1.54) is 6.07 Å². The number of nitrogens with two attached hydrogens (primary N) is 1. The summed E-state index contributed by atoms with van der Waals surface area (Å²) in [5.74, 6) is -2.15. The van der Waals surface area contributed by atoms with Gasteiger partial charge in [-0.3, -0.25) is 0 Å². The Balaban J connectivity index is 2.69. The summed E-state index contributed by atoms with van der Waals surface area (Å²) < 4.78 is 15.6. The first-order valence-electron chi connectivity index (χ1n) is 7.99. The van der Waals surface area contributed by atoms with E-state index in [4.69, 9.17) is 43.1 Å². The second-order valence-corrected chi connectivity index (χ2v) is 6.23. The zero-order chi connectivity index (χ0) is 19.4. The van der Waals surface area contributed by atoms with Gasteiger partial charge in [-0.2, -0.15) is 0 Å². The van der Waals surface area contributed by atoms with Crippen LogP contribution < -0.4 is 5.73 Å². The summed E-state index contributed by atoms with van der Waals surface area (Å²) in [4.78, 5) is 25.1. The topological polar surface area (TPSA) is 87.9 Å². The summed E-state index contributed by atoms with van der Waals surface area (Å²) in [6.07, 6.45) is 0. The maximum Gasteiger partial charge on any atom is 0.340 e. The third kappa shape index (κ3) is 3.97. The van der Waals surface area contributed by atoms with Gasteiger partial charge in [-0.1, -0.05) is 29.3 Å². The molecular formula is C18H19Cl2NO5. The lowest BCUT2D eigenvalue weighted by atomic mass is 9.82. The fourth-order valence-electron chi connectivity index (χ4n) is 2.71. The minimum absolute atomic E-state index is 0.00951. The van der Waals surface area contributed by atoms with Crippen molar-refractivity contribution in [3.8, 4) is 0 Å². The van der Waals surface area contributed by atoms with Crippen LogP contribution in [-0.2, 0) is 23.8 Å². The van der Waals surface area contributed by atoms with Crippen molar-refractivity contribution in [1.82, 2.24) is 0 Å². The molecule has 26 heavy (non-hydrogen) atoms. The number of esters is 2. The Hall–Kier alpha value is -2.18. The number of allylic oxidation sites excluding steroid dienone is 1. The van der Waals surface area contributed by atoms with E-state index in [-0.39, 0.29) is 41.0 Å². The number of hydrogen-bond donors (Lipinski definition) is 1. The van der Waals surface area contributed by atoms with Crippen molar-refractivity contribution >= 4 is 35.1 Å². The highest BCUT2D eigenvalue weighted by Crippen LogP contribution is 2.43. The molecule has 1 heterocycles. The third-order valence-corrected chi connectivity index (χ3v) is 4.31. The molecule has 1 aromatic carbocycles. The van der Waals surface area contributed by atoms with Crippen molar-refractivity contribution in [3.63, 3.8) is 0 Å². The molecule has 0 amide bonds. The Morgan fingerprint density at radius 3 is 2.23 bits per heavy atom. The van der Waals surface area contributed by atoms with Gasteiger partial charge in [0.1, 0.15) is 11.3 Å². The molecule has 0 spiro atoms. The van der Waals surface area contributed by atoms with Gasteiger partial charge in [0.25, 0.3) is 0 Å². The molecule has 0 unspecified atom stereocenters. The molecule has 0 saturated heterocycles. The van der Waals surface area contributed by atoms with E-state index in [2.05, 4.69) is 0 Å². The van der Waals surface area contributed by atoms with Crippen molar-refractivity contribution in [3.05, 3.63) is 56.6 Å².